The number of hydrogen-bond acceptors (Lipinski definition) is 4. The summed E-state index contributed by atoms with van der Waals surface area (Å²) in [6.45, 7) is 3.29. The molecule has 1 amide bonds. The number of rotatable bonds is 5. The fraction of sp³-hybridized carbons (Fsp3) is 0.357. The van der Waals surface area contributed by atoms with Gasteiger partial charge in [0.05, 0.1) is 6.61 Å². The van der Waals surface area contributed by atoms with Crippen LogP contribution in [0.1, 0.15) is 24.2 Å². The summed E-state index contributed by atoms with van der Waals surface area (Å²) in [5, 5.41) is 8.00. The van der Waals surface area contributed by atoms with Crippen LogP contribution in [0.2, 0.25) is 0 Å². The number of benzene rings is 1. The highest BCUT2D eigenvalue weighted by molar-refractivity contribution is 7.80. The number of ketones is 1. The van der Waals surface area contributed by atoms with Crippen LogP contribution >= 0.6 is 47.0 Å². The van der Waals surface area contributed by atoms with E-state index in [4.69, 9.17) is 51.8 Å². The number of alkyl halides is 3. The predicted molar refractivity (Wildman–Crippen MR) is 100 cm³/mol. The minimum Gasteiger partial charge on any atom is -0.450 e. The summed E-state index contributed by atoms with van der Waals surface area (Å²) in [4.78, 5) is 22.7. The number of Topliss-reactive ketones (excluding diaryl/α,β-unsaturated/α-hetero) is 1. The molecule has 0 aliphatic carbocycles. The van der Waals surface area contributed by atoms with Gasteiger partial charge in [-0.05, 0) is 50.3 Å². The van der Waals surface area contributed by atoms with Crippen LogP contribution in [0.3, 0.4) is 0 Å². The Morgan fingerprint density at radius 2 is 1.79 bits per heavy atom. The molecule has 0 aromatic heterocycles. The summed E-state index contributed by atoms with van der Waals surface area (Å²) in [6.07, 6.45) is -1.87. The minimum atomic E-state index is -1.86. The van der Waals surface area contributed by atoms with Gasteiger partial charge in [-0.2, -0.15) is 0 Å². The molecule has 0 heterocycles. The van der Waals surface area contributed by atoms with E-state index in [1.54, 1.807) is 31.2 Å². The van der Waals surface area contributed by atoms with Crippen molar-refractivity contribution in [2.45, 2.75) is 23.8 Å². The number of carbonyl (C=O) groups is 2. The Hall–Kier alpha value is -1.28. The Bertz CT molecular complexity index is 606. The summed E-state index contributed by atoms with van der Waals surface area (Å²) >= 11 is 22.6. The quantitative estimate of drug-likeness (QED) is 0.297. The van der Waals surface area contributed by atoms with E-state index in [-0.39, 0.29) is 17.5 Å². The van der Waals surface area contributed by atoms with Gasteiger partial charge in [-0.1, -0.05) is 34.8 Å². The maximum Gasteiger partial charge on any atom is 0.408 e. The number of ether oxygens (including phenoxy) is 1. The number of alkyl carbamates (subject to hydrolysis) is 1. The summed E-state index contributed by atoms with van der Waals surface area (Å²) in [5.41, 5.74) is 1.19. The molecule has 10 heteroatoms. The minimum absolute atomic E-state index is 0.0443. The first-order valence-corrected chi connectivity index (χ1v) is 8.36. The number of amides is 1. The topological polar surface area (TPSA) is 79.5 Å². The van der Waals surface area contributed by atoms with Crippen molar-refractivity contribution in [3.8, 4) is 0 Å². The molecule has 0 bridgehead atoms. The van der Waals surface area contributed by atoms with Crippen LogP contribution in [0.25, 0.3) is 0 Å². The van der Waals surface area contributed by atoms with Crippen LogP contribution in [-0.4, -0.2) is 33.6 Å². The number of carbonyl (C=O) groups excluding carboxylic acids is 2. The summed E-state index contributed by atoms with van der Waals surface area (Å²) in [5.74, 6) is -0.0443. The zero-order valence-electron chi connectivity index (χ0n) is 12.9. The fourth-order valence-corrected chi connectivity index (χ4v) is 2.14. The lowest BCUT2D eigenvalue weighted by molar-refractivity contribution is 0.101. The second-order valence-corrected chi connectivity index (χ2v) is 7.35. The normalized spacial score (nSPS) is 12.0. The Balaban J connectivity index is 2.70. The lowest BCUT2D eigenvalue weighted by Crippen LogP contribution is -2.56. The number of thiocarbonyl (C=S) groups is 1. The Morgan fingerprint density at radius 1 is 1.21 bits per heavy atom. The highest BCUT2D eigenvalue weighted by Gasteiger charge is 2.35. The lowest BCUT2D eigenvalue weighted by atomic mass is 10.1. The molecule has 1 atom stereocenters. The van der Waals surface area contributed by atoms with Gasteiger partial charge >= 0.3 is 6.09 Å². The number of anilines is 1. The molecule has 24 heavy (non-hydrogen) atoms. The van der Waals surface area contributed by atoms with E-state index in [0.717, 1.165) is 0 Å². The fourth-order valence-electron chi connectivity index (χ4n) is 1.58. The molecular formula is C14H16Cl3N3O3S. The van der Waals surface area contributed by atoms with Crippen molar-refractivity contribution in [1.82, 2.24) is 10.6 Å². The molecule has 1 rings (SSSR count). The molecule has 132 valence electrons. The van der Waals surface area contributed by atoms with Crippen molar-refractivity contribution >= 4 is 69.7 Å². The average Bonchev–Trinajstić information content (AvgIpc) is 2.46. The summed E-state index contributed by atoms with van der Waals surface area (Å²) in [6, 6.07) is 6.65. The first-order chi connectivity index (χ1) is 11.1. The largest absolute Gasteiger partial charge is 0.450 e. The van der Waals surface area contributed by atoms with Crippen molar-refractivity contribution in [3.63, 3.8) is 0 Å². The van der Waals surface area contributed by atoms with E-state index in [2.05, 4.69) is 16.0 Å². The van der Waals surface area contributed by atoms with Gasteiger partial charge in [-0.15, -0.1) is 0 Å². The second-order valence-electron chi connectivity index (χ2n) is 4.57. The Morgan fingerprint density at radius 3 is 2.25 bits per heavy atom. The molecule has 0 unspecified atom stereocenters. The maximum atomic E-state index is 11.5. The van der Waals surface area contributed by atoms with Gasteiger partial charge in [0, 0.05) is 11.3 Å². The number of nitrogens with one attached hydrogen (secondary N) is 3. The SMILES string of the molecule is CCOC(=O)N[C@H](NC(=S)Nc1ccc(C(C)=O)cc1)C(Cl)(Cl)Cl. The van der Waals surface area contributed by atoms with Crippen LogP contribution < -0.4 is 16.0 Å². The Kier molecular flexibility index (Phi) is 8.02. The molecule has 1 aromatic carbocycles. The molecule has 0 radical (unpaired) electrons. The highest BCUT2D eigenvalue weighted by atomic mass is 35.6. The van der Waals surface area contributed by atoms with E-state index in [9.17, 15) is 9.59 Å². The van der Waals surface area contributed by atoms with Crippen LogP contribution in [0.5, 0.6) is 0 Å². The van der Waals surface area contributed by atoms with Gasteiger partial charge in [0.25, 0.3) is 0 Å². The number of halogens is 3. The third-order valence-electron chi connectivity index (χ3n) is 2.69. The van der Waals surface area contributed by atoms with Gasteiger partial charge in [-0.3, -0.25) is 10.1 Å². The van der Waals surface area contributed by atoms with Gasteiger partial charge in [0.15, 0.2) is 17.1 Å². The van der Waals surface area contributed by atoms with Crippen LogP contribution in [0, 0.1) is 0 Å². The van der Waals surface area contributed by atoms with E-state index < -0.39 is 16.1 Å². The molecule has 0 saturated carbocycles. The summed E-state index contributed by atoms with van der Waals surface area (Å²) < 4.78 is 2.88. The van der Waals surface area contributed by atoms with Gasteiger partial charge in [-0.25, -0.2) is 4.79 Å². The van der Waals surface area contributed by atoms with Gasteiger partial charge < -0.3 is 15.4 Å². The molecular weight excluding hydrogens is 397 g/mol. The third-order valence-corrected chi connectivity index (χ3v) is 3.56. The first kappa shape index (κ1) is 20.8. The van der Waals surface area contributed by atoms with E-state index in [1.807, 2.05) is 0 Å². The monoisotopic (exact) mass is 411 g/mol. The molecule has 0 aliphatic rings. The predicted octanol–water partition coefficient (Wildman–Crippen LogP) is 3.62. The van der Waals surface area contributed by atoms with Crippen molar-refractivity contribution in [3.05, 3.63) is 29.8 Å². The van der Waals surface area contributed by atoms with Gasteiger partial charge in [0.2, 0.25) is 3.79 Å². The molecule has 0 saturated heterocycles. The van der Waals surface area contributed by atoms with Crippen molar-refractivity contribution < 1.29 is 14.3 Å². The number of hydrogen-bond donors (Lipinski definition) is 3. The smallest absolute Gasteiger partial charge is 0.408 e. The zero-order chi connectivity index (χ0) is 18.3. The van der Waals surface area contributed by atoms with Crippen molar-refractivity contribution in [2.24, 2.45) is 0 Å². The molecule has 0 aliphatic heterocycles. The standard InChI is InChI=1S/C14H16Cl3N3O3S/c1-3-23-13(22)20-11(14(15,16)17)19-12(24)18-10-6-4-9(5-7-10)8(2)21/h4-7,11H,3H2,1-2H3,(H,20,22)(H2,18,19,24)/t11-/m0/s1. The molecule has 6 nitrogen and oxygen atoms in total. The molecule has 0 spiro atoms. The van der Waals surface area contributed by atoms with E-state index in [1.165, 1.54) is 6.92 Å². The van der Waals surface area contributed by atoms with Crippen molar-refractivity contribution in [2.75, 3.05) is 11.9 Å². The molecule has 0 fully saturated rings. The maximum absolute atomic E-state index is 11.5. The Labute approximate surface area is 160 Å². The van der Waals surface area contributed by atoms with Crippen molar-refractivity contribution in [1.29, 1.82) is 0 Å². The van der Waals surface area contributed by atoms with Crippen LogP contribution in [-0.2, 0) is 4.74 Å². The van der Waals surface area contributed by atoms with E-state index in [0.29, 0.717) is 11.3 Å². The highest BCUT2D eigenvalue weighted by Crippen LogP contribution is 2.29. The van der Waals surface area contributed by atoms with Crippen LogP contribution in [0.4, 0.5) is 10.5 Å². The molecule has 1 aromatic rings. The molecule has 3 N–H and O–H groups in total. The van der Waals surface area contributed by atoms with Gasteiger partial charge in [0.1, 0.15) is 0 Å². The first-order valence-electron chi connectivity index (χ1n) is 6.82. The summed E-state index contributed by atoms with van der Waals surface area (Å²) in [7, 11) is 0. The van der Waals surface area contributed by atoms with E-state index >= 15 is 0 Å². The average molecular weight is 413 g/mol. The zero-order valence-corrected chi connectivity index (χ0v) is 15.9. The second kappa shape index (κ2) is 9.27. The lowest BCUT2D eigenvalue weighted by Gasteiger charge is -2.27. The van der Waals surface area contributed by atoms with Crippen LogP contribution in [0.15, 0.2) is 24.3 Å². The third kappa shape index (κ3) is 7.09.